The molecule has 1 N–H and O–H groups in total. The summed E-state index contributed by atoms with van der Waals surface area (Å²) in [6.45, 7) is 6.04. The standard InChI is InChI=1S/C17H19BrO2/c1-10-7-12(3)16(15(8-10)20-4)17(19)13-5-6-14(18)11(2)9-13/h5-9,17,19H,1-4H3. The molecule has 0 heterocycles. The Morgan fingerprint density at radius 3 is 2.35 bits per heavy atom. The maximum absolute atomic E-state index is 10.7. The predicted octanol–water partition coefficient (Wildman–Crippen LogP) is 4.46. The second-order valence-electron chi connectivity index (χ2n) is 5.11. The molecule has 2 rings (SSSR count). The molecule has 0 aliphatic carbocycles. The number of hydrogen-bond acceptors (Lipinski definition) is 2. The molecule has 1 atom stereocenters. The van der Waals surface area contributed by atoms with E-state index in [1.54, 1.807) is 7.11 Å². The van der Waals surface area contributed by atoms with E-state index in [1.807, 2.05) is 45.0 Å². The fourth-order valence-electron chi connectivity index (χ4n) is 2.46. The van der Waals surface area contributed by atoms with Crippen molar-refractivity contribution in [2.75, 3.05) is 7.11 Å². The van der Waals surface area contributed by atoms with Crippen LogP contribution in [-0.2, 0) is 0 Å². The molecule has 0 bridgehead atoms. The van der Waals surface area contributed by atoms with Crippen molar-refractivity contribution >= 4 is 15.9 Å². The first-order chi connectivity index (χ1) is 9.43. The Morgan fingerprint density at radius 2 is 1.75 bits per heavy atom. The monoisotopic (exact) mass is 334 g/mol. The largest absolute Gasteiger partial charge is 0.496 e. The van der Waals surface area contributed by atoms with Crippen LogP contribution in [0.1, 0.15) is 33.9 Å². The molecule has 2 aromatic rings. The van der Waals surface area contributed by atoms with Gasteiger partial charge in [0.05, 0.1) is 7.11 Å². The van der Waals surface area contributed by atoms with Gasteiger partial charge in [0, 0.05) is 10.0 Å². The number of aliphatic hydroxyl groups is 1. The van der Waals surface area contributed by atoms with Crippen LogP contribution in [0.15, 0.2) is 34.8 Å². The first-order valence-electron chi connectivity index (χ1n) is 6.53. The number of halogens is 1. The molecule has 0 fully saturated rings. The van der Waals surface area contributed by atoms with E-state index in [4.69, 9.17) is 4.74 Å². The van der Waals surface area contributed by atoms with Gasteiger partial charge in [-0.3, -0.25) is 0 Å². The lowest BCUT2D eigenvalue weighted by atomic mass is 9.94. The topological polar surface area (TPSA) is 29.5 Å². The van der Waals surface area contributed by atoms with Crippen LogP contribution < -0.4 is 4.74 Å². The number of aryl methyl sites for hydroxylation is 3. The summed E-state index contributed by atoms with van der Waals surface area (Å²) in [5, 5.41) is 10.7. The zero-order valence-electron chi connectivity index (χ0n) is 12.2. The average Bonchev–Trinajstić information content (AvgIpc) is 2.40. The number of benzene rings is 2. The summed E-state index contributed by atoms with van der Waals surface area (Å²) in [5.41, 5.74) is 4.97. The zero-order chi connectivity index (χ0) is 14.9. The third-order valence-electron chi connectivity index (χ3n) is 3.48. The Kier molecular flexibility index (Phi) is 4.51. The van der Waals surface area contributed by atoms with Crippen molar-refractivity contribution < 1.29 is 9.84 Å². The number of methoxy groups -OCH3 is 1. The fourth-order valence-corrected chi connectivity index (χ4v) is 2.71. The highest BCUT2D eigenvalue weighted by molar-refractivity contribution is 9.10. The summed E-state index contributed by atoms with van der Waals surface area (Å²) in [5.74, 6) is 0.732. The van der Waals surface area contributed by atoms with Gasteiger partial charge in [0.15, 0.2) is 0 Å². The first-order valence-corrected chi connectivity index (χ1v) is 7.32. The van der Waals surface area contributed by atoms with Crippen LogP contribution in [-0.4, -0.2) is 12.2 Å². The summed E-state index contributed by atoms with van der Waals surface area (Å²) in [6.07, 6.45) is -0.683. The van der Waals surface area contributed by atoms with Gasteiger partial charge in [-0.25, -0.2) is 0 Å². The lowest BCUT2D eigenvalue weighted by Crippen LogP contribution is -2.05. The average molecular weight is 335 g/mol. The molecule has 0 aromatic heterocycles. The molecule has 0 spiro atoms. The maximum atomic E-state index is 10.7. The highest BCUT2D eigenvalue weighted by atomic mass is 79.9. The van der Waals surface area contributed by atoms with Gasteiger partial charge in [-0.2, -0.15) is 0 Å². The molecule has 2 nitrogen and oxygen atoms in total. The molecule has 106 valence electrons. The van der Waals surface area contributed by atoms with Crippen molar-refractivity contribution in [3.63, 3.8) is 0 Å². The summed E-state index contributed by atoms with van der Waals surface area (Å²) < 4.78 is 6.48. The molecule has 3 heteroatoms. The van der Waals surface area contributed by atoms with Crippen LogP contribution >= 0.6 is 15.9 Å². The number of ether oxygens (including phenoxy) is 1. The van der Waals surface area contributed by atoms with Crippen molar-refractivity contribution in [2.45, 2.75) is 26.9 Å². The van der Waals surface area contributed by atoms with Gasteiger partial charge in [-0.15, -0.1) is 0 Å². The molecule has 0 saturated heterocycles. The third-order valence-corrected chi connectivity index (χ3v) is 4.37. The summed E-state index contributed by atoms with van der Waals surface area (Å²) in [4.78, 5) is 0. The van der Waals surface area contributed by atoms with Gasteiger partial charge in [0.25, 0.3) is 0 Å². The van der Waals surface area contributed by atoms with E-state index in [2.05, 4.69) is 22.0 Å². The summed E-state index contributed by atoms with van der Waals surface area (Å²) >= 11 is 3.48. The van der Waals surface area contributed by atoms with Crippen LogP contribution in [0.2, 0.25) is 0 Å². The molecule has 0 aliphatic heterocycles. The Morgan fingerprint density at radius 1 is 1.05 bits per heavy atom. The molecule has 1 unspecified atom stereocenters. The molecule has 0 radical (unpaired) electrons. The van der Waals surface area contributed by atoms with Gasteiger partial charge in [-0.1, -0.05) is 34.1 Å². The minimum atomic E-state index is -0.683. The highest BCUT2D eigenvalue weighted by Crippen LogP contribution is 2.34. The van der Waals surface area contributed by atoms with Crippen molar-refractivity contribution in [2.24, 2.45) is 0 Å². The highest BCUT2D eigenvalue weighted by Gasteiger charge is 2.19. The van der Waals surface area contributed by atoms with Crippen LogP contribution in [0.3, 0.4) is 0 Å². The van der Waals surface area contributed by atoms with Gasteiger partial charge in [0.1, 0.15) is 11.9 Å². The van der Waals surface area contributed by atoms with Gasteiger partial charge in [0.2, 0.25) is 0 Å². The van der Waals surface area contributed by atoms with Crippen LogP contribution in [0.5, 0.6) is 5.75 Å². The van der Waals surface area contributed by atoms with Crippen molar-refractivity contribution in [3.8, 4) is 5.75 Å². The van der Waals surface area contributed by atoms with Crippen LogP contribution in [0, 0.1) is 20.8 Å². The normalized spacial score (nSPS) is 12.3. The van der Waals surface area contributed by atoms with E-state index in [0.717, 1.165) is 38.0 Å². The SMILES string of the molecule is COc1cc(C)cc(C)c1C(O)c1ccc(Br)c(C)c1. The molecule has 0 saturated carbocycles. The minimum absolute atomic E-state index is 0.683. The minimum Gasteiger partial charge on any atom is -0.496 e. The first kappa shape index (κ1) is 15.1. The van der Waals surface area contributed by atoms with E-state index in [9.17, 15) is 5.11 Å². The molecule has 2 aromatic carbocycles. The lowest BCUT2D eigenvalue weighted by molar-refractivity contribution is 0.214. The molecule has 0 amide bonds. The Bertz CT molecular complexity index is 635. The number of aliphatic hydroxyl groups excluding tert-OH is 1. The lowest BCUT2D eigenvalue weighted by Gasteiger charge is -2.19. The van der Waals surface area contributed by atoms with E-state index >= 15 is 0 Å². The van der Waals surface area contributed by atoms with Gasteiger partial charge in [-0.05, 0) is 55.2 Å². The van der Waals surface area contributed by atoms with Crippen LogP contribution in [0.4, 0.5) is 0 Å². The van der Waals surface area contributed by atoms with Gasteiger partial charge >= 0.3 is 0 Å². The van der Waals surface area contributed by atoms with E-state index in [1.165, 1.54) is 0 Å². The predicted molar refractivity (Wildman–Crippen MR) is 85.4 cm³/mol. The smallest absolute Gasteiger partial charge is 0.125 e. The Labute approximate surface area is 128 Å². The van der Waals surface area contributed by atoms with E-state index in [0.29, 0.717) is 0 Å². The number of rotatable bonds is 3. The van der Waals surface area contributed by atoms with Gasteiger partial charge < -0.3 is 9.84 Å². The molecular formula is C17H19BrO2. The Balaban J connectivity index is 2.52. The maximum Gasteiger partial charge on any atom is 0.125 e. The summed E-state index contributed by atoms with van der Waals surface area (Å²) in [7, 11) is 1.64. The third kappa shape index (κ3) is 2.89. The molecule has 20 heavy (non-hydrogen) atoms. The molecular weight excluding hydrogens is 316 g/mol. The second kappa shape index (κ2) is 5.98. The van der Waals surface area contributed by atoms with Crippen molar-refractivity contribution in [1.82, 2.24) is 0 Å². The quantitative estimate of drug-likeness (QED) is 0.897. The second-order valence-corrected chi connectivity index (χ2v) is 5.96. The summed E-state index contributed by atoms with van der Waals surface area (Å²) in [6, 6.07) is 9.90. The fraction of sp³-hybridized carbons (Fsp3) is 0.294. The van der Waals surface area contributed by atoms with Crippen LogP contribution in [0.25, 0.3) is 0 Å². The van der Waals surface area contributed by atoms with E-state index in [-0.39, 0.29) is 0 Å². The Hall–Kier alpha value is -1.32. The van der Waals surface area contributed by atoms with Crippen molar-refractivity contribution in [3.05, 3.63) is 62.6 Å². The number of hydrogen-bond donors (Lipinski definition) is 1. The van der Waals surface area contributed by atoms with E-state index < -0.39 is 6.10 Å². The molecule has 0 aliphatic rings. The van der Waals surface area contributed by atoms with Crippen molar-refractivity contribution in [1.29, 1.82) is 0 Å². The zero-order valence-corrected chi connectivity index (χ0v) is 13.8.